The Balaban J connectivity index is 2.97. The first kappa shape index (κ1) is 13.2. The van der Waals surface area contributed by atoms with E-state index in [1.807, 2.05) is 22.6 Å². The lowest BCUT2D eigenvalue weighted by Crippen LogP contribution is -2.00. The number of halogens is 2. The largest absolute Gasteiger partial charge is 0.463 e. The molecule has 1 heterocycles. The second-order valence-electron chi connectivity index (χ2n) is 2.80. The summed E-state index contributed by atoms with van der Waals surface area (Å²) < 4.78 is 5.52. The van der Waals surface area contributed by atoms with E-state index in [0.717, 1.165) is 3.57 Å². The molecule has 0 saturated heterocycles. The zero-order valence-electron chi connectivity index (χ0n) is 8.54. The highest BCUT2D eigenvalue weighted by Crippen LogP contribution is 2.26. The summed E-state index contributed by atoms with van der Waals surface area (Å²) in [6.45, 7) is 2.07. The highest BCUT2D eigenvalue weighted by molar-refractivity contribution is 14.1. The molecule has 0 aliphatic rings. The molecule has 0 bridgehead atoms. The third-order valence-corrected chi connectivity index (χ3v) is 3.26. The van der Waals surface area contributed by atoms with Gasteiger partial charge in [-0.1, -0.05) is 11.6 Å². The molecule has 6 heteroatoms. The van der Waals surface area contributed by atoms with Crippen LogP contribution in [0.4, 0.5) is 5.82 Å². The van der Waals surface area contributed by atoms with E-state index in [-0.39, 0.29) is 5.82 Å². The summed E-state index contributed by atoms with van der Waals surface area (Å²) in [5.41, 5.74) is 6.18. The van der Waals surface area contributed by atoms with E-state index in [2.05, 4.69) is 4.98 Å². The molecule has 0 saturated carbocycles. The molecule has 0 aliphatic carbocycles. The minimum Gasteiger partial charge on any atom is -0.463 e. The van der Waals surface area contributed by atoms with Crippen LogP contribution in [0.25, 0.3) is 6.08 Å². The first-order valence-electron chi connectivity index (χ1n) is 4.50. The van der Waals surface area contributed by atoms with Crippen molar-refractivity contribution in [3.63, 3.8) is 0 Å². The van der Waals surface area contributed by atoms with Gasteiger partial charge in [0.1, 0.15) is 5.82 Å². The Labute approximate surface area is 112 Å². The summed E-state index contributed by atoms with van der Waals surface area (Å²) in [6, 6.07) is 0. The number of nitrogen functional groups attached to an aromatic ring is 1. The second-order valence-corrected chi connectivity index (χ2v) is 4.34. The SMILES string of the molecule is CCOC(=O)/C=C/c1c(N)ncc(I)c1Cl. The van der Waals surface area contributed by atoms with Gasteiger partial charge in [-0.3, -0.25) is 0 Å². The number of anilines is 1. The number of carbonyl (C=O) groups is 1. The Hall–Kier alpha value is -0.820. The highest BCUT2D eigenvalue weighted by atomic mass is 127. The number of carbonyl (C=O) groups excluding carboxylic acids is 1. The van der Waals surface area contributed by atoms with Gasteiger partial charge < -0.3 is 10.5 Å². The van der Waals surface area contributed by atoms with E-state index in [0.29, 0.717) is 17.2 Å². The summed E-state index contributed by atoms with van der Waals surface area (Å²) in [7, 11) is 0. The number of esters is 1. The van der Waals surface area contributed by atoms with Crippen LogP contribution in [0.2, 0.25) is 5.02 Å². The van der Waals surface area contributed by atoms with Gasteiger partial charge in [-0.2, -0.15) is 0 Å². The first-order valence-corrected chi connectivity index (χ1v) is 5.96. The summed E-state index contributed by atoms with van der Waals surface area (Å²) in [6.07, 6.45) is 4.35. The molecule has 0 aliphatic heterocycles. The van der Waals surface area contributed by atoms with Crippen molar-refractivity contribution in [1.82, 2.24) is 4.98 Å². The van der Waals surface area contributed by atoms with Gasteiger partial charge in [-0.25, -0.2) is 9.78 Å². The van der Waals surface area contributed by atoms with E-state index in [1.54, 1.807) is 13.1 Å². The standard InChI is InChI=1S/C10H10ClIN2O2/c1-2-16-8(15)4-3-6-9(11)7(12)5-14-10(6)13/h3-5H,2H2,1H3,(H2,13,14)/b4-3+. The molecule has 16 heavy (non-hydrogen) atoms. The minimum absolute atomic E-state index is 0.283. The topological polar surface area (TPSA) is 65.2 Å². The zero-order valence-corrected chi connectivity index (χ0v) is 11.4. The molecule has 0 atom stereocenters. The molecule has 0 fully saturated rings. The molecule has 0 spiro atoms. The molecular formula is C10H10ClIN2O2. The fourth-order valence-electron chi connectivity index (χ4n) is 0.994. The molecule has 0 radical (unpaired) electrons. The average molecular weight is 353 g/mol. The van der Waals surface area contributed by atoms with Crippen LogP contribution in [-0.2, 0) is 9.53 Å². The number of rotatable bonds is 3. The molecule has 1 aromatic heterocycles. The lowest BCUT2D eigenvalue weighted by molar-refractivity contribution is -0.137. The van der Waals surface area contributed by atoms with E-state index in [9.17, 15) is 4.79 Å². The van der Waals surface area contributed by atoms with Crippen LogP contribution in [0.15, 0.2) is 12.3 Å². The van der Waals surface area contributed by atoms with Gasteiger partial charge in [-0.05, 0) is 35.6 Å². The summed E-state index contributed by atoms with van der Waals surface area (Å²) in [5, 5.41) is 0.480. The van der Waals surface area contributed by atoms with Crippen LogP contribution in [0.1, 0.15) is 12.5 Å². The number of hydrogen-bond acceptors (Lipinski definition) is 4. The second kappa shape index (κ2) is 6.05. The normalized spacial score (nSPS) is 10.7. The van der Waals surface area contributed by atoms with Crippen LogP contribution < -0.4 is 5.73 Å². The van der Waals surface area contributed by atoms with Crippen molar-refractivity contribution < 1.29 is 9.53 Å². The van der Waals surface area contributed by atoms with Crippen LogP contribution in [0, 0.1) is 3.57 Å². The Morgan fingerprint density at radius 1 is 1.75 bits per heavy atom. The molecule has 1 aromatic rings. The van der Waals surface area contributed by atoms with Crippen LogP contribution in [0.5, 0.6) is 0 Å². The maximum absolute atomic E-state index is 11.1. The lowest BCUT2D eigenvalue weighted by Gasteiger charge is -2.03. The maximum Gasteiger partial charge on any atom is 0.330 e. The smallest absolute Gasteiger partial charge is 0.330 e. The van der Waals surface area contributed by atoms with Crippen LogP contribution >= 0.6 is 34.2 Å². The average Bonchev–Trinajstić information content (AvgIpc) is 2.24. The first-order chi connectivity index (χ1) is 7.56. The third kappa shape index (κ3) is 3.34. The van der Waals surface area contributed by atoms with E-state index < -0.39 is 5.97 Å². The molecule has 4 nitrogen and oxygen atoms in total. The van der Waals surface area contributed by atoms with Gasteiger partial charge in [0.05, 0.1) is 15.2 Å². The van der Waals surface area contributed by atoms with E-state index in [1.165, 1.54) is 12.2 Å². The maximum atomic E-state index is 11.1. The molecule has 2 N–H and O–H groups in total. The number of nitrogens with two attached hydrogens (primary N) is 1. The zero-order chi connectivity index (χ0) is 12.1. The Morgan fingerprint density at radius 2 is 2.44 bits per heavy atom. The Kier molecular flexibility index (Phi) is 5.01. The lowest BCUT2D eigenvalue weighted by atomic mass is 10.2. The molecular weight excluding hydrogens is 342 g/mol. The van der Waals surface area contributed by atoms with Crippen molar-refractivity contribution >= 4 is 52.1 Å². The fraction of sp³-hybridized carbons (Fsp3) is 0.200. The predicted octanol–water partition coefficient (Wildman–Crippen LogP) is 2.50. The van der Waals surface area contributed by atoms with Crippen molar-refractivity contribution in [2.75, 3.05) is 12.3 Å². The Morgan fingerprint density at radius 3 is 3.06 bits per heavy atom. The van der Waals surface area contributed by atoms with Crippen molar-refractivity contribution in [2.45, 2.75) is 6.92 Å². The van der Waals surface area contributed by atoms with Crippen molar-refractivity contribution in [3.8, 4) is 0 Å². The molecule has 1 rings (SSSR count). The van der Waals surface area contributed by atoms with Gasteiger partial charge in [0.25, 0.3) is 0 Å². The van der Waals surface area contributed by atoms with Gasteiger partial charge in [-0.15, -0.1) is 0 Å². The van der Waals surface area contributed by atoms with Crippen molar-refractivity contribution in [3.05, 3.63) is 26.4 Å². The van der Waals surface area contributed by atoms with Crippen molar-refractivity contribution in [2.24, 2.45) is 0 Å². The predicted molar refractivity (Wildman–Crippen MR) is 72.0 cm³/mol. The number of nitrogens with zero attached hydrogens (tertiary/aromatic N) is 1. The molecule has 0 aromatic carbocycles. The monoisotopic (exact) mass is 352 g/mol. The number of aromatic nitrogens is 1. The molecule has 86 valence electrons. The summed E-state index contributed by atoms with van der Waals surface area (Å²) >= 11 is 8.07. The van der Waals surface area contributed by atoms with E-state index >= 15 is 0 Å². The van der Waals surface area contributed by atoms with Gasteiger partial charge in [0.15, 0.2) is 0 Å². The molecule has 0 unspecified atom stereocenters. The highest BCUT2D eigenvalue weighted by Gasteiger charge is 2.07. The third-order valence-electron chi connectivity index (χ3n) is 1.71. The summed E-state index contributed by atoms with van der Waals surface area (Å²) in [5.74, 6) is -0.150. The Bertz CT molecular complexity index is 435. The fourth-order valence-corrected chi connectivity index (χ4v) is 1.63. The van der Waals surface area contributed by atoms with Crippen LogP contribution in [0.3, 0.4) is 0 Å². The van der Waals surface area contributed by atoms with Crippen LogP contribution in [-0.4, -0.2) is 17.6 Å². The van der Waals surface area contributed by atoms with E-state index in [4.69, 9.17) is 22.1 Å². The quantitative estimate of drug-likeness (QED) is 0.516. The molecule has 0 amide bonds. The van der Waals surface area contributed by atoms with Gasteiger partial charge >= 0.3 is 5.97 Å². The minimum atomic E-state index is -0.433. The van der Waals surface area contributed by atoms with Crippen molar-refractivity contribution in [1.29, 1.82) is 0 Å². The number of hydrogen-bond donors (Lipinski definition) is 1. The van der Waals surface area contributed by atoms with Gasteiger partial charge in [0.2, 0.25) is 0 Å². The number of ether oxygens (including phenoxy) is 1. The number of pyridine rings is 1. The summed E-state index contributed by atoms with van der Waals surface area (Å²) in [4.78, 5) is 15.1. The van der Waals surface area contributed by atoms with Gasteiger partial charge in [0, 0.05) is 17.8 Å².